The predicted octanol–water partition coefficient (Wildman–Crippen LogP) is 5.92. The van der Waals surface area contributed by atoms with Crippen molar-refractivity contribution in [2.75, 3.05) is 30.9 Å². The minimum Gasteiger partial charge on any atom is -0.377 e. The molecular formula is C28H41N3O2. The quantitative estimate of drug-likeness (QED) is 0.462. The molecule has 2 aromatic carbocycles. The zero-order chi connectivity index (χ0) is 24.5. The Morgan fingerprint density at radius 2 is 1.61 bits per heavy atom. The number of nitrogens with zero attached hydrogens (tertiary/aromatic N) is 2. The van der Waals surface area contributed by atoms with Crippen molar-refractivity contribution in [1.82, 2.24) is 4.90 Å². The van der Waals surface area contributed by atoms with E-state index in [0.29, 0.717) is 31.3 Å². The molecule has 0 fully saturated rings. The number of anilines is 2. The first-order valence-electron chi connectivity index (χ1n) is 12.1. The van der Waals surface area contributed by atoms with Crippen LogP contribution in [0.4, 0.5) is 11.4 Å². The number of hydrogen-bond donors (Lipinski definition) is 1. The van der Waals surface area contributed by atoms with E-state index in [1.54, 1.807) is 0 Å². The average molecular weight is 452 g/mol. The van der Waals surface area contributed by atoms with Gasteiger partial charge < -0.3 is 15.1 Å². The molecule has 180 valence electrons. The van der Waals surface area contributed by atoms with Crippen LogP contribution in [0.2, 0.25) is 0 Å². The fraction of sp³-hybridized carbons (Fsp3) is 0.500. The molecule has 0 bridgehead atoms. The Balaban J connectivity index is 2.36. The van der Waals surface area contributed by atoms with Gasteiger partial charge >= 0.3 is 0 Å². The third-order valence-corrected chi connectivity index (χ3v) is 5.61. The minimum atomic E-state index is -0.165. The highest BCUT2D eigenvalue weighted by Crippen LogP contribution is 2.28. The summed E-state index contributed by atoms with van der Waals surface area (Å²) in [6.45, 7) is 11.6. The van der Waals surface area contributed by atoms with Gasteiger partial charge in [0.1, 0.15) is 0 Å². The van der Waals surface area contributed by atoms with Crippen molar-refractivity contribution in [3.05, 3.63) is 59.7 Å². The molecule has 0 aliphatic carbocycles. The second kappa shape index (κ2) is 12.4. The lowest BCUT2D eigenvalue weighted by atomic mass is 9.94. The summed E-state index contributed by atoms with van der Waals surface area (Å²) < 4.78 is 0. The van der Waals surface area contributed by atoms with E-state index in [4.69, 9.17) is 0 Å². The maximum Gasteiger partial charge on any atom is 0.230 e. The molecule has 0 saturated heterocycles. The standard InChI is InChI=1S/C28H41N3O2/c1-8-25(22-12-10-9-11-13-22)28(33)31(18-21(4)5)19-23-17-24(14-15-26(23)30(6)7)29-27(32)16-20(2)3/h9-15,17,20-21,25H,8,16,18-19H2,1-7H3,(H,29,32)/t25-/m1/s1. The first kappa shape index (κ1) is 26.4. The Hall–Kier alpha value is -2.82. The molecule has 2 aromatic rings. The smallest absolute Gasteiger partial charge is 0.230 e. The highest BCUT2D eigenvalue weighted by Gasteiger charge is 2.26. The number of amides is 2. The molecule has 1 atom stereocenters. The molecule has 0 unspecified atom stereocenters. The van der Waals surface area contributed by atoms with E-state index in [0.717, 1.165) is 28.9 Å². The molecule has 0 heterocycles. The van der Waals surface area contributed by atoms with Crippen molar-refractivity contribution in [2.24, 2.45) is 11.8 Å². The van der Waals surface area contributed by atoms with Crippen LogP contribution in [0.3, 0.4) is 0 Å². The van der Waals surface area contributed by atoms with Crippen molar-refractivity contribution in [2.45, 2.75) is 59.9 Å². The zero-order valence-electron chi connectivity index (χ0n) is 21.4. The van der Waals surface area contributed by atoms with Gasteiger partial charge in [0.25, 0.3) is 0 Å². The zero-order valence-corrected chi connectivity index (χ0v) is 21.4. The molecule has 5 nitrogen and oxygen atoms in total. The van der Waals surface area contributed by atoms with Crippen LogP contribution in [0.25, 0.3) is 0 Å². The Kier molecular flexibility index (Phi) is 9.95. The SMILES string of the molecule is CC[C@@H](C(=O)N(Cc1cc(NC(=O)CC(C)C)ccc1N(C)C)CC(C)C)c1ccccc1. The first-order valence-corrected chi connectivity index (χ1v) is 12.1. The van der Waals surface area contributed by atoms with Gasteiger partial charge in [-0.15, -0.1) is 0 Å². The van der Waals surface area contributed by atoms with Crippen LogP contribution >= 0.6 is 0 Å². The molecule has 0 aromatic heterocycles. The van der Waals surface area contributed by atoms with Crippen LogP contribution < -0.4 is 10.2 Å². The summed E-state index contributed by atoms with van der Waals surface area (Å²) in [4.78, 5) is 30.1. The first-order chi connectivity index (χ1) is 15.6. The Labute approximate surface area is 200 Å². The molecule has 5 heteroatoms. The van der Waals surface area contributed by atoms with Crippen LogP contribution in [-0.4, -0.2) is 37.4 Å². The van der Waals surface area contributed by atoms with Crippen molar-refractivity contribution >= 4 is 23.2 Å². The van der Waals surface area contributed by atoms with E-state index in [9.17, 15) is 9.59 Å². The lowest BCUT2D eigenvalue weighted by Gasteiger charge is -2.30. The van der Waals surface area contributed by atoms with Gasteiger partial charge in [0.2, 0.25) is 11.8 Å². The lowest BCUT2D eigenvalue weighted by molar-refractivity contribution is -0.134. The van der Waals surface area contributed by atoms with E-state index < -0.39 is 0 Å². The summed E-state index contributed by atoms with van der Waals surface area (Å²) in [6, 6.07) is 16.0. The molecule has 0 aliphatic rings. The van der Waals surface area contributed by atoms with Crippen LogP contribution in [0.15, 0.2) is 48.5 Å². The Morgan fingerprint density at radius 1 is 0.939 bits per heavy atom. The van der Waals surface area contributed by atoms with Crippen LogP contribution in [-0.2, 0) is 16.1 Å². The Morgan fingerprint density at radius 3 is 2.15 bits per heavy atom. The molecule has 0 spiro atoms. The molecule has 0 saturated carbocycles. The van der Waals surface area contributed by atoms with Crippen molar-refractivity contribution in [3.8, 4) is 0 Å². The van der Waals surface area contributed by atoms with Gasteiger partial charge in [0, 0.05) is 45.0 Å². The number of carbonyl (C=O) groups is 2. The lowest BCUT2D eigenvalue weighted by Crippen LogP contribution is -2.37. The van der Waals surface area contributed by atoms with Crippen molar-refractivity contribution in [3.63, 3.8) is 0 Å². The second-order valence-electron chi connectivity index (χ2n) is 9.87. The van der Waals surface area contributed by atoms with Crippen LogP contribution in [0.5, 0.6) is 0 Å². The maximum absolute atomic E-state index is 13.7. The van der Waals surface area contributed by atoms with Crippen molar-refractivity contribution < 1.29 is 9.59 Å². The molecular weight excluding hydrogens is 410 g/mol. The number of rotatable bonds is 11. The van der Waals surface area contributed by atoms with Gasteiger partial charge in [-0.2, -0.15) is 0 Å². The summed E-state index contributed by atoms with van der Waals surface area (Å²) in [6.07, 6.45) is 1.24. The van der Waals surface area contributed by atoms with Gasteiger partial charge in [0.15, 0.2) is 0 Å². The molecule has 2 amide bonds. The van der Waals surface area contributed by atoms with Gasteiger partial charge in [-0.1, -0.05) is 65.0 Å². The minimum absolute atomic E-state index is 0.0128. The molecule has 0 radical (unpaired) electrons. The largest absolute Gasteiger partial charge is 0.377 e. The van der Waals surface area contributed by atoms with E-state index in [-0.39, 0.29) is 17.7 Å². The Bertz CT molecular complexity index is 907. The van der Waals surface area contributed by atoms with E-state index in [2.05, 4.69) is 31.0 Å². The molecule has 0 aliphatic heterocycles. The molecule has 1 N–H and O–H groups in total. The summed E-state index contributed by atoms with van der Waals surface area (Å²) in [5.41, 5.74) is 3.90. The fourth-order valence-electron chi connectivity index (χ4n) is 4.15. The summed E-state index contributed by atoms with van der Waals surface area (Å²) in [7, 11) is 4.01. The normalized spacial score (nSPS) is 12.0. The highest BCUT2D eigenvalue weighted by molar-refractivity contribution is 5.91. The maximum atomic E-state index is 13.7. The van der Waals surface area contributed by atoms with E-state index >= 15 is 0 Å². The van der Waals surface area contributed by atoms with Crippen LogP contribution in [0, 0.1) is 11.8 Å². The van der Waals surface area contributed by atoms with E-state index in [1.165, 1.54) is 0 Å². The second-order valence-corrected chi connectivity index (χ2v) is 9.87. The van der Waals surface area contributed by atoms with Gasteiger partial charge in [0.05, 0.1) is 5.92 Å². The predicted molar refractivity (Wildman–Crippen MR) is 139 cm³/mol. The number of benzene rings is 2. The van der Waals surface area contributed by atoms with Gasteiger partial charge in [-0.25, -0.2) is 0 Å². The van der Waals surface area contributed by atoms with E-state index in [1.807, 2.05) is 81.4 Å². The number of carbonyl (C=O) groups excluding carboxylic acids is 2. The highest BCUT2D eigenvalue weighted by atomic mass is 16.2. The van der Waals surface area contributed by atoms with Crippen LogP contribution in [0.1, 0.15) is 64.5 Å². The summed E-state index contributed by atoms with van der Waals surface area (Å²) >= 11 is 0. The third kappa shape index (κ3) is 7.92. The van der Waals surface area contributed by atoms with Gasteiger partial charge in [-0.05, 0) is 47.6 Å². The third-order valence-electron chi connectivity index (χ3n) is 5.61. The summed E-state index contributed by atoms with van der Waals surface area (Å²) in [5.74, 6) is 0.643. The monoisotopic (exact) mass is 451 g/mol. The topological polar surface area (TPSA) is 52.7 Å². The fourth-order valence-corrected chi connectivity index (χ4v) is 4.15. The number of nitrogens with one attached hydrogen (secondary N) is 1. The average Bonchev–Trinajstić information content (AvgIpc) is 2.73. The summed E-state index contributed by atoms with van der Waals surface area (Å²) in [5, 5.41) is 3.02. The van der Waals surface area contributed by atoms with Crippen molar-refractivity contribution in [1.29, 1.82) is 0 Å². The molecule has 33 heavy (non-hydrogen) atoms. The number of hydrogen-bond acceptors (Lipinski definition) is 3. The van der Waals surface area contributed by atoms with Gasteiger partial charge in [-0.3, -0.25) is 9.59 Å². The molecule has 2 rings (SSSR count).